The SMILES string of the molecule is c1ccc(CNC2C3CC4CCC(C3)N4[C@H]2C(c2ccccc2)c2ccccc2)cc1. The van der Waals surface area contributed by atoms with E-state index in [2.05, 4.69) is 101 Å². The molecule has 4 heterocycles. The summed E-state index contributed by atoms with van der Waals surface area (Å²) in [6.07, 6.45) is 5.52. The Bertz CT molecular complexity index is 934. The Labute approximate surface area is 186 Å². The standard InChI is InChI=1S/C29H32N2/c1-4-10-21(11-5-1)20-30-28-24-18-25-16-17-26(19-24)31(25)29(28)27(22-12-6-2-7-13-22)23-14-8-3-9-15-23/h1-15,24-30H,16-20H2/t24?,25?,26?,28?,29-/m0/s1. The van der Waals surface area contributed by atoms with Crippen LogP contribution in [0.15, 0.2) is 91.0 Å². The van der Waals surface area contributed by atoms with Gasteiger partial charge in [0, 0.05) is 36.6 Å². The molecule has 31 heavy (non-hydrogen) atoms. The molecule has 0 amide bonds. The molecule has 4 bridgehead atoms. The van der Waals surface area contributed by atoms with E-state index in [0.29, 0.717) is 18.0 Å². The molecule has 7 rings (SSSR count). The van der Waals surface area contributed by atoms with Crippen LogP contribution in [0.3, 0.4) is 0 Å². The molecule has 0 aliphatic carbocycles. The molecule has 4 saturated heterocycles. The van der Waals surface area contributed by atoms with Gasteiger partial charge in [0.1, 0.15) is 0 Å². The average molecular weight is 409 g/mol. The van der Waals surface area contributed by atoms with Crippen LogP contribution < -0.4 is 5.32 Å². The largest absolute Gasteiger partial charge is 0.308 e. The van der Waals surface area contributed by atoms with Crippen molar-refractivity contribution in [3.63, 3.8) is 0 Å². The van der Waals surface area contributed by atoms with Crippen molar-refractivity contribution in [1.82, 2.24) is 10.2 Å². The highest BCUT2D eigenvalue weighted by Crippen LogP contribution is 2.51. The summed E-state index contributed by atoms with van der Waals surface area (Å²) in [4.78, 5) is 2.95. The first-order chi connectivity index (χ1) is 15.4. The number of nitrogens with zero attached hydrogens (tertiary/aromatic N) is 1. The maximum absolute atomic E-state index is 4.07. The minimum atomic E-state index is 0.405. The van der Waals surface area contributed by atoms with Crippen LogP contribution in [0.4, 0.5) is 0 Å². The molecule has 1 N–H and O–H groups in total. The lowest BCUT2D eigenvalue weighted by atomic mass is 9.68. The quantitative estimate of drug-likeness (QED) is 0.571. The van der Waals surface area contributed by atoms with Crippen molar-refractivity contribution in [2.45, 2.75) is 62.3 Å². The Balaban J connectivity index is 1.40. The first kappa shape index (κ1) is 19.3. The van der Waals surface area contributed by atoms with Gasteiger partial charge in [-0.2, -0.15) is 0 Å². The van der Waals surface area contributed by atoms with E-state index >= 15 is 0 Å². The number of nitrogens with one attached hydrogen (secondary N) is 1. The van der Waals surface area contributed by atoms with Crippen molar-refractivity contribution in [3.05, 3.63) is 108 Å². The van der Waals surface area contributed by atoms with Crippen LogP contribution in [0.1, 0.15) is 48.3 Å². The van der Waals surface area contributed by atoms with E-state index in [9.17, 15) is 0 Å². The number of hydrogen-bond donors (Lipinski definition) is 1. The molecule has 0 radical (unpaired) electrons. The van der Waals surface area contributed by atoms with Gasteiger partial charge in [0.15, 0.2) is 0 Å². The lowest BCUT2D eigenvalue weighted by molar-refractivity contribution is -0.0464. The fraction of sp³-hybridized carbons (Fsp3) is 0.379. The van der Waals surface area contributed by atoms with Crippen molar-refractivity contribution < 1.29 is 0 Å². The minimum absolute atomic E-state index is 0.405. The Hall–Kier alpha value is -2.42. The zero-order chi connectivity index (χ0) is 20.6. The van der Waals surface area contributed by atoms with Gasteiger partial charge in [0.25, 0.3) is 0 Å². The molecule has 3 aromatic carbocycles. The van der Waals surface area contributed by atoms with Crippen LogP contribution in [0, 0.1) is 5.92 Å². The maximum Gasteiger partial charge on any atom is 0.0367 e. The highest BCUT2D eigenvalue weighted by atomic mass is 15.3. The van der Waals surface area contributed by atoms with E-state index < -0.39 is 0 Å². The van der Waals surface area contributed by atoms with E-state index in [4.69, 9.17) is 0 Å². The molecule has 4 atom stereocenters. The third-order valence-electron chi connectivity index (χ3n) is 8.09. The second-order valence-corrected chi connectivity index (χ2v) is 9.75. The molecule has 2 heteroatoms. The summed E-state index contributed by atoms with van der Waals surface area (Å²) in [5, 5.41) is 4.07. The summed E-state index contributed by atoms with van der Waals surface area (Å²) in [6.45, 7) is 0.956. The average Bonchev–Trinajstić information content (AvgIpc) is 3.13. The summed E-state index contributed by atoms with van der Waals surface area (Å²) in [7, 11) is 0. The van der Waals surface area contributed by atoms with Crippen molar-refractivity contribution in [3.8, 4) is 0 Å². The van der Waals surface area contributed by atoms with Gasteiger partial charge in [-0.3, -0.25) is 4.90 Å². The predicted octanol–water partition coefficient (Wildman–Crippen LogP) is 5.60. The molecule has 3 aromatic rings. The van der Waals surface area contributed by atoms with Crippen LogP contribution in [0.25, 0.3) is 0 Å². The molecule has 2 nitrogen and oxygen atoms in total. The zero-order valence-corrected chi connectivity index (χ0v) is 18.1. The Kier molecular flexibility index (Phi) is 5.13. The van der Waals surface area contributed by atoms with E-state index in [1.807, 2.05) is 0 Å². The summed E-state index contributed by atoms with van der Waals surface area (Å²) in [5.41, 5.74) is 4.30. The van der Waals surface area contributed by atoms with Crippen LogP contribution in [-0.4, -0.2) is 29.1 Å². The van der Waals surface area contributed by atoms with Crippen molar-refractivity contribution in [1.29, 1.82) is 0 Å². The fourth-order valence-corrected chi connectivity index (χ4v) is 6.91. The van der Waals surface area contributed by atoms with Crippen LogP contribution >= 0.6 is 0 Å². The third-order valence-corrected chi connectivity index (χ3v) is 8.09. The maximum atomic E-state index is 4.07. The van der Waals surface area contributed by atoms with Crippen LogP contribution in [-0.2, 0) is 6.54 Å². The number of hydrogen-bond acceptors (Lipinski definition) is 2. The number of fused-ring (bicyclic) bond motifs is 1. The molecule has 4 aliphatic heterocycles. The number of benzene rings is 3. The van der Waals surface area contributed by atoms with Gasteiger partial charge in [-0.05, 0) is 48.3 Å². The third kappa shape index (κ3) is 3.52. The summed E-state index contributed by atoms with van der Waals surface area (Å²) < 4.78 is 0. The van der Waals surface area contributed by atoms with E-state index in [-0.39, 0.29) is 0 Å². The topological polar surface area (TPSA) is 15.3 Å². The summed E-state index contributed by atoms with van der Waals surface area (Å²) in [6, 6.07) is 36.0. The normalized spacial score (nSPS) is 31.3. The van der Waals surface area contributed by atoms with Crippen LogP contribution in [0.2, 0.25) is 0 Å². The van der Waals surface area contributed by atoms with Crippen molar-refractivity contribution >= 4 is 0 Å². The zero-order valence-electron chi connectivity index (χ0n) is 18.1. The first-order valence-electron chi connectivity index (χ1n) is 12.0. The molecular weight excluding hydrogens is 376 g/mol. The molecule has 158 valence electrons. The molecule has 4 fully saturated rings. The molecule has 0 saturated carbocycles. The number of rotatable bonds is 6. The van der Waals surface area contributed by atoms with Gasteiger partial charge in [0.2, 0.25) is 0 Å². The van der Waals surface area contributed by atoms with E-state index in [0.717, 1.165) is 24.5 Å². The second-order valence-electron chi connectivity index (χ2n) is 9.75. The van der Waals surface area contributed by atoms with E-state index in [1.165, 1.54) is 42.4 Å². The highest BCUT2D eigenvalue weighted by Gasteiger charge is 2.56. The van der Waals surface area contributed by atoms with Crippen LogP contribution in [0.5, 0.6) is 0 Å². The van der Waals surface area contributed by atoms with Crippen molar-refractivity contribution in [2.75, 3.05) is 0 Å². The fourth-order valence-electron chi connectivity index (χ4n) is 6.91. The highest BCUT2D eigenvalue weighted by molar-refractivity contribution is 5.37. The molecule has 4 aliphatic rings. The van der Waals surface area contributed by atoms with Gasteiger partial charge in [-0.15, -0.1) is 0 Å². The Morgan fingerprint density at radius 1 is 0.710 bits per heavy atom. The smallest absolute Gasteiger partial charge is 0.0367 e. The molecule has 0 spiro atoms. The van der Waals surface area contributed by atoms with Gasteiger partial charge in [-0.1, -0.05) is 91.0 Å². The van der Waals surface area contributed by atoms with Gasteiger partial charge in [-0.25, -0.2) is 0 Å². The minimum Gasteiger partial charge on any atom is -0.308 e. The Morgan fingerprint density at radius 3 is 1.77 bits per heavy atom. The van der Waals surface area contributed by atoms with Gasteiger partial charge in [0.05, 0.1) is 0 Å². The lowest BCUT2D eigenvalue weighted by Crippen LogP contribution is -2.68. The second kappa shape index (κ2) is 8.26. The Morgan fingerprint density at radius 2 is 1.23 bits per heavy atom. The lowest BCUT2D eigenvalue weighted by Gasteiger charge is -2.58. The molecule has 0 aromatic heterocycles. The van der Waals surface area contributed by atoms with Crippen molar-refractivity contribution in [2.24, 2.45) is 5.92 Å². The molecule has 3 unspecified atom stereocenters. The predicted molar refractivity (Wildman–Crippen MR) is 127 cm³/mol. The van der Waals surface area contributed by atoms with Gasteiger partial charge >= 0.3 is 0 Å². The van der Waals surface area contributed by atoms with E-state index in [1.54, 1.807) is 0 Å². The molecular formula is C29H32N2. The summed E-state index contributed by atoms with van der Waals surface area (Å²) >= 11 is 0. The summed E-state index contributed by atoms with van der Waals surface area (Å²) in [5.74, 6) is 1.19. The first-order valence-corrected chi connectivity index (χ1v) is 12.0. The number of piperidine rings is 3. The monoisotopic (exact) mass is 408 g/mol. The van der Waals surface area contributed by atoms with Gasteiger partial charge < -0.3 is 5.32 Å².